The highest BCUT2D eigenvalue weighted by atomic mass is 35.5. The van der Waals surface area contributed by atoms with Crippen molar-refractivity contribution in [2.24, 2.45) is 0 Å². The molecule has 15 heavy (non-hydrogen) atoms. The zero-order valence-electron chi connectivity index (χ0n) is 8.76. The van der Waals surface area contributed by atoms with E-state index in [1.165, 1.54) is 0 Å². The number of hydrogen-bond acceptors (Lipinski definition) is 0. The highest BCUT2D eigenvalue weighted by Crippen LogP contribution is 2.27. The van der Waals surface area contributed by atoms with Crippen molar-refractivity contribution in [1.82, 2.24) is 4.98 Å². The van der Waals surface area contributed by atoms with E-state index < -0.39 is 0 Å². The molecule has 0 bridgehead atoms. The molecular weight excluding hydrogens is 206 g/mol. The SMILES string of the molecule is C#CC(C)(C)c1cc2cc(Cl)ccc2[nH]1. The van der Waals surface area contributed by atoms with Gasteiger partial charge in [-0.05, 0) is 38.1 Å². The fourth-order valence-corrected chi connectivity index (χ4v) is 1.70. The van der Waals surface area contributed by atoms with Crippen molar-refractivity contribution in [1.29, 1.82) is 0 Å². The predicted octanol–water partition coefficient (Wildman–Crippen LogP) is 3.73. The van der Waals surface area contributed by atoms with E-state index in [1.54, 1.807) is 0 Å². The Morgan fingerprint density at radius 3 is 2.73 bits per heavy atom. The molecule has 1 aromatic heterocycles. The predicted molar refractivity (Wildman–Crippen MR) is 65.2 cm³/mol. The highest BCUT2D eigenvalue weighted by molar-refractivity contribution is 6.31. The Bertz CT molecular complexity index is 543. The second kappa shape index (κ2) is 3.32. The first-order valence-corrected chi connectivity index (χ1v) is 5.17. The van der Waals surface area contributed by atoms with E-state index in [0.717, 1.165) is 21.6 Å². The number of terminal acetylenes is 1. The Balaban J connectivity index is 2.63. The van der Waals surface area contributed by atoms with Crippen LogP contribution in [0.4, 0.5) is 0 Å². The van der Waals surface area contributed by atoms with Crippen molar-refractivity contribution < 1.29 is 0 Å². The topological polar surface area (TPSA) is 15.8 Å². The zero-order chi connectivity index (χ0) is 11.1. The van der Waals surface area contributed by atoms with Crippen LogP contribution in [0.5, 0.6) is 0 Å². The van der Waals surface area contributed by atoms with Crippen molar-refractivity contribution in [3.05, 3.63) is 35.0 Å². The van der Waals surface area contributed by atoms with Crippen LogP contribution in [-0.4, -0.2) is 4.98 Å². The lowest BCUT2D eigenvalue weighted by Crippen LogP contribution is -2.13. The molecule has 0 amide bonds. The van der Waals surface area contributed by atoms with Gasteiger partial charge in [0.1, 0.15) is 0 Å². The fourth-order valence-electron chi connectivity index (χ4n) is 1.52. The van der Waals surface area contributed by atoms with Crippen LogP contribution in [0.25, 0.3) is 10.9 Å². The van der Waals surface area contributed by atoms with Crippen LogP contribution in [0.15, 0.2) is 24.3 Å². The number of halogens is 1. The number of rotatable bonds is 1. The van der Waals surface area contributed by atoms with E-state index in [0.29, 0.717) is 0 Å². The normalized spacial score (nSPS) is 11.6. The average Bonchev–Trinajstić information content (AvgIpc) is 2.61. The zero-order valence-corrected chi connectivity index (χ0v) is 9.52. The number of aromatic amines is 1. The van der Waals surface area contributed by atoms with Crippen molar-refractivity contribution in [3.63, 3.8) is 0 Å². The van der Waals surface area contributed by atoms with Crippen LogP contribution in [0.2, 0.25) is 5.02 Å². The summed E-state index contributed by atoms with van der Waals surface area (Å²) in [5.74, 6) is 2.77. The molecule has 1 heterocycles. The molecule has 1 aromatic carbocycles. The van der Waals surface area contributed by atoms with Gasteiger partial charge in [-0.25, -0.2) is 0 Å². The van der Waals surface area contributed by atoms with Crippen molar-refractivity contribution in [3.8, 4) is 12.3 Å². The Hall–Kier alpha value is -1.39. The van der Waals surface area contributed by atoms with Crippen LogP contribution >= 0.6 is 11.6 Å². The second-order valence-corrected chi connectivity index (χ2v) is 4.62. The maximum absolute atomic E-state index is 5.92. The third kappa shape index (κ3) is 1.73. The van der Waals surface area contributed by atoms with E-state index >= 15 is 0 Å². The third-order valence-electron chi connectivity index (χ3n) is 2.62. The van der Waals surface area contributed by atoms with Gasteiger partial charge in [0, 0.05) is 21.6 Å². The molecule has 0 unspecified atom stereocenters. The van der Waals surface area contributed by atoms with Gasteiger partial charge in [0.05, 0.1) is 5.41 Å². The van der Waals surface area contributed by atoms with Crippen LogP contribution in [-0.2, 0) is 5.41 Å². The van der Waals surface area contributed by atoms with Gasteiger partial charge in [0.15, 0.2) is 0 Å². The minimum absolute atomic E-state index is 0.272. The minimum Gasteiger partial charge on any atom is -0.357 e. The molecule has 0 aliphatic heterocycles. The molecule has 0 aliphatic rings. The summed E-state index contributed by atoms with van der Waals surface area (Å²) in [6.07, 6.45) is 5.49. The Morgan fingerprint density at radius 1 is 1.33 bits per heavy atom. The van der Waals surface area contributed by atoms with Gasteiger partial charge in [0.25, 0.3) is 0 Å². The van der Waals surface area contributed by atoms with Crippen molar-refractivity contribution in [2.45, 2.75) is 19.3 Å². The molecule has 2 aromatic rings. The number of H-pyrrole nitrogens is 1. The smallest absolute Gasteiger partial charge is 0.0654 e. The van der Waals surface area contributed by atoms with Crippen LogP contribution in [0, 0.1) is 12.3 Å². The molecule has 2 rings (SSSR count). The van der Waals surface area contributed by atoms with E-state index in [9.17, 15) is 0 Å². The summed E-state index contributed by atoms with van der Waals surface area (Å²) < 4.78 is 0. The van der Waals surface area contributed by atoms with Crippen molar-refractivity contribution >= 4 is 22.5 Å². The molecule has 1 N–H and O–H groups in total. The van der Waals surface area contributed by atoms with Crippen LogP contribution in [0.3, 0.4) is 0 Å². The average molecular weight is 218 g/mol. The van der Waals surface area contributed by atoms with Gasteiger partial charge in [-0.2, -0.15) is 0 Å². The molecular formula is C13H12ClN. The number of hydrogen-bond donors (Lipinski definition) is 1. The minimum atomic E-state index is -0.272. The summed E-state index contributed by atoms with van der Waals surface area (Å²) in [7, 11) is 0. The molecule has 0 saturated heterocycles. The highest BCUT2D eigenvalue weighted by Gasteiger charge is 2.19. The summed E-state index contributed by atoms with van der Waals surface area (Å²) in [5, 5.41) is 1.84. The lowest BCUT2D eigenvalue weighted by atomic mass is 9.91. The number of fused-ring (bicyclic) bond motifs is 1. The van der Waals surface area contributed by atoms with Gasteiger partial charge in [-0.3, -0.25) is 0 Å². The van der Waals surface area contributed by atoms with Gasteiger partial charge < -0.3 is 4.98 Å². The first-order valence-electron chi connectivity index (χ1n) is 4.79. The van der Waals surface area contributed by atoms with Gasteiger partial charge in [0.2, 0.25) is 0 Å². The molecule has 0 saturated carbocycles. The summed E-state index contributed by atoms with van der Waals surface area (Å²) in [6.45, 7) is 4.03. The molecule has 0 aliphatic carbocycles. The first kappa shape index (κ1) is 10.1. The van der Waals surface area contributed by atoms with E-state index in [2.05, 4.69) is 17.0 Å². The van der Waals surface area contributed by atoms with Gasteiger partial charge in [-0.15, -0.1) is 6.42 Å². The maximum Gasteiger partial charge on any atom is 0.0654 e. The summed E-state index contributed by atoms with van der Waals surface area (Å²) in [4.78, 5) is 3.31. The number of nitrogens with one attached hydrogen (secondary N) is 1. The van der Waals surface area contributed by atoms with Gasteiger partial charge >= 0.3 is 0 Å². The molecule has 0 atom stereocenters. The first-order chi connectivity index (χ1) is 7.03. The lowest BCUT2D eigenvalue weighted by Gasteiger charge is -2.14. The Labute approximate surface area is 94.4 Å². The fraction of sp³-hybridized carbons (Fsp3) is 0.231. The third-order valence-corrected chi connectivity index (χ3v) is 2.85. The number of aromatic nitrogens is 1. The standard InChI is InChI=1S/C13H12ClN/c1-4-13(2,3)12-8-9-7-10(14)5-6-11(9)15-12/h1,5-8,15H,2-3H3. The lowest BCUT2D eigenvalue weighted by molar-refractivity contribution is 0.678. The largest absolute Gasteiger partial charge is 0.357 e. The molecule has 0 fully saturated rings. The van der Waals surface area contributed by atoms with Crippen molar-refractivity contribution in [2.75, 3.05) is 0 Å². The van der Waals surface area contributed by atoms with Crippen LogP contribution < -0.4 is 0 Å². The Morgan fingerprint density at radius 2 is 2.07 bits per heavy atom. The van der Waals surface area contributed by atoms with Gasteiger partial charge in [-0.1, -0.05) is 17.5 Å². The summed E-state index contributed by atoms with van der Waals surface area (Å²) in [6, 6.07) is 7.82. The van der Waals surface area contributed by atoms with Crippen LogP contribution in [0.1, 0.15) is 19.5 Å². The summed E-state index contributed by atoms with van der Waals surface area (Å²) >= 11 is 5.92. The summed E-state index contributed by atoms with van der Waals surface area (Å²) in [5.41, 5.74) is 1.84. The second-order valence-electron chi connectivity index (χ2n) is 4.18. The van der Waals surface area contributed by atoms with E-state index in [1.807, 2.05) is 32.0 Å². The molecule has 0 radical (unpaired) electrons. The monoisotopic (exact) mass is 217 g/mol. The maximum atomic E-state index is 5.92. The van der Waals surface area contributed by atoms with E-state index in [-0.39, 0.29) is 5.41 Å². The molecule has 0 spiro atoms. The quantitative estimate of drug-likeness (QED) is 0.701. The molecule has 1 nitrogen and oxygen atoms in total. The molecule has 76 valence electrons. The Kier molecular flexibility index (Phi) is 2.25. The number of benzene rings is 1. The van der Waals surface area contributed by atoms with E-state index in [4.69, 9.17) is 18.0 Å². The molecule has 2 heteroatoms.